The molecule has 0 radical (unpaired) electrons. The predicted octanol–water partition coefficient (Wildman–Crippen LogP) is 0.376. The first-order chi connectivity index (χ1) is 10.2. The van der Waals surface area contributed by atoms with Crippen LogP contribution in [0, 0.1) is 0 Å². The smallest absolute Gasteiger partial charge is 0.335 e. The number of rotatable bonds is 6. The highest BCUT2D eigenvalue weighted by Gasteiger charge is 2.13. The Labute approximate surface area is 123 Å². The predicted molar refractivity (Wildman–Crippen MR) is 77.4 cm³/mol. The lowest BCUT2D eigenvalue weighted by Gasteiger charge is -2.26. The molecule has 1 aliphatic rings. The molecule has 2 rings (SSSR count). The fourth-order valence-corrected chi connectivity index (χ4v) is 2.30. The van der Waals surface area contributed by atoms with Gasteiger partial charge in [0, 0.05) is 26.2 Å². The molecule has 0 aromatic heterocycles. The lowest BCUT2D eigenvalue weighted by atomic mass is 10.0. The Morgan fingerprint density at radius 1 is 1.24 bits per heavy atom. The van der Waals surface area contributed by atoms with E-state index >= 15 is 0 Å². The minimum absolute atomic E-state index is 0.0889. The average molecular weight is 292 g/mol. The molecular weight excluding hydrogens is 272 g/mol. The Kier molecular flexibility index (Phi) is 5.71. The zero-order chi connectivity index (χ0) is 15.1. The maximum Gasteiger partial charge on any atom is 0.335 e. The van der Waals surface area contributed by atoms with E-state index in [9.17, 15) is 9.59 Å². The summed E-state index contributed by atoms with van der Waals surface area (Å²) in [7, 11) is 0. The number of morpholine rings is 1. The number of amides is 1. The van der Waals surface area contributed by atoms with Crippen LogP contribution < -0.4 is 5.32 Å². The summed E-state index contributed by atoms with van der Waals surface area (Å²) in [5.41, 5.74) is 0.717. The van der Waals surface area contributed by atoms with Crippen LogP contribution in [0.15, 0.2) is 24.3 Å². The van der Waals surface area contributed by atoms with Gasteiger partial charge in [-0.2, -0.15) is 0 Å². The second-order valence-corrected chi connectivity index (χ2v) is 4.94. The Bertz CT molecular complexity index is 498. The van der Waals surface area contributed by atoms with Crippen molar-refractivity contribution in [2.24, 2.45) is 0 Å². The molecule has 1 saturated heterocycles. The van der Waals surface area contributed by atoms with Crippen LogP contribution in [-0.2, 0) is 16.0 Å². The van der Waals surface area contributed by atoms with E-state index in [4.69, 9.17) is 9.84 Å². The zero-order valence-corrected chi connectivity index (χ0v) is 11.9. The Morgan fingerprint density at radius 2 is 1.95 bits per heavy atom. The Morgan fingerprint density at radius 3 is 2.67 bits per heavy atom. The van der Waals surface area contributed by atoms with E-state index in [0.29, 0.717) is 12.1 Å². The Balaban J connectivity index is 1.78. The molecule has 6 nitrogen and oxygen atoms in total. The van der Waals surface area contributed by atoms with E-state index in [1.54, 1.807) is 18.2 Å². The van der Waals surface area contributed by atoms with Crippen molar-refractivity contribution in [3.05, 3.63) is 35.4 Å². The van der Waals surface area contributed by atoms with Crippen molar-refractivity contribution in [3.63, 3.8) is 0 Å². The molecule has 0 spiro atoms. The van der Waals surface area contributed by atoms with Crippen molar-refractivity contribution < 1.29 is 19.4 Å². The van der Waals surface area contributed by atoms with Crippen LogP contribution in [0.2, 0.25) is 0 Å². The number of aromatic carboxylic acids is 1. The number of ether oxygens (including phenoxy) is 1. The summed E-state index contributed by atoms with van der Waals surface area (Å²) in [5, 5.41) is 11.9. The molecule has 2 N–H and O–H groups in total. The lowest BCUT2D eigenvalue weighted by Crippen LogP contribution is -2.41. The molecule has 1 aromatic rings. The number of nitrogens with zero attached hydrogens (tertiary/aromatic N) is 1. The van der Waals surface area contributed by atoms with Gasteiger partial charge in [-0.15, -0.1) is 0 Å². The first-order valence-corrected chi connectivity index (χ1v) is 7.05. The third-order valence-corrected chi connectivity index (χ3v) is 3.45. The van der Waals surface area contributed by atoms with Crippen LogP contribution in [0.4, 0.5) is 0 Å². The van der Waals surface area contributed by atoms with Gasteiger partial charge in [0.2, 0.25) is 5.91 Å². The summed E-state index contributed by atoms with van der Waals surface area (Å²) in [4.78, 5) is 25.2. The third kappa shape index (κ3) is 4.84. The topological polar surface area (TPSA) is 78.9 Å². The highest BCUT2D eigenvalue weighted by Crippen LogP contribution is 2.09. The number of hydrogen-bond acceptors (Lipinski definition) is 4. The van der Waals surface area contributed by atoms with Gasteiger partial charge in [0.15, 0.2) is 0 Å². The van der Waals surface area contributed by atoms with Crippen molar-refractivity contribution in [1.82, 2.24) is 10.2 Å². The van der Waals surface area contributed by atoms with Crippen LogP contribution in [0.1, 0.15) is 15.9 Å². The number of hydrogen-bond donors (Lipinski definition) is 2. The summed E-state index contributed by atoms with van der Waals surface area (Å²) in [6, 6.07) is 6.58. The first kappa shape index (κ1) is 15.5. The molecule has 0 bridgehead atoms. The summed E-state index contributed by atoms with van der Waals surface area (Å²) >= 11 is 0. The van der Waals surface area contributed by atoms with Crippen LogP contribution in [0.3, 0.4) is 0 Å². The number of carbonyl (C=O) groups excluding carboxylic acids is 1. The van der Waals surface area contributed by atoms with E-state index < -0.39 is 5.97 Å². The van der Waals surface area contributed by atoms with Gasteiger partial charge in [0.25, 0.3) is 0 Å². The molecule has 0 atom stereocenters. The maximum absolute atomic E-state index is 11.9. The van der Waals surface area contributed by atoms with Crippen LogP contribution in [0.25, 0.3) is 0 Å². The van der Waals surface area contributed by atoms with Gasteiger partial charge < -0.3 is 15.2 Å². The minimum Gasteiger partial charge on any atom is -0.478 e. The van der Waals surface area contributed by atoms with Crippen molar-refractivity contribution in [2.45, 2.75) is 6.42 Å². The summed E-state index contributed by atoms with van der Waals surface area (Å²) < 4.78 is 5.26. The Hall–Kier alpha value is -1.92. The van der Waals surface area contributed by atoms with E-state index in [2.05, 4.69) is 10.2 Å². The molecule has 21 heavy (non-hydrogen) atoms. The van der Waals surface area contributed by atoms with E-state index in [0.717, 1.165) is 32.8 Å². The summed E-state index contributed by atoms with van der Waals surface area (Å²) in [6.45, 7) is 4.60. The van der Waals surface area contributed by atoms with Crippen LogP contribution >= 0.6 is 0 Å². The van der Waals surface area contributed by atoms with E-state index in [-0.39, 0.29) is 17.9 Å². The highest BCUT2D eigenvalue weighted by molar-refractivity contribution is 5.91. The van der Waals surface area contributed by atoms with Gasteiger partial charge >= 0.3 is 5.97 Å². The number of carboxylic acid groups (broad SMARTS) is 1. The number of nitrogens with one attached hydrogen (secondary N) is 1. The van der Waals surface area contributed by atoms with E-state index in [1.807, 2.05) is 0 Å². The van der Waals surface area contributed by atoms with Crippen LogP contribution in [-0.4, -0.2) is 61.3 Å². The largest absolute Gasteiger partial charge is 0.478 e. The summed E-state index contributed by atoms with van der Waals surface area (Å²) in [5.74, 6) is -1.16. The molecule has 114 valence electrons. The number of benzene rings is 1. The first-order valence-electron chi connectivity index (χ1n) is 7.05. The normalized spacial score (nSPS) is 15.6. The van der Waals surface area contributed by atoms with Crippen molar-refractivity contribution in [1.29, 1.82) is 0 Å². The SMILES string of the molecule is O=C(Cc1ccccc1C(=O)O)NCCN1CCOCC1. The van der Waals surface area contributed by atoms with Crippen LogP contribution in [0.5, 0.6) is 0 Å². The molecule has 1 aliphatic heterocycles. The van der Waals surface area contributed by atoms with Crippen molar-refractivity contribution in [2.75, 3.05) is 39.4 Å². The standard InChI is InChI=1S/C15H20N2O4/c18-14(16-5-6-17-7-9-21-10-8-17)11-12-3-1-2-4-13(12)15(19)20/h1-4H,5-11H2,(H,16,18)(H,19,20). The molecule has 6 heteroatoms. The van der Waals surface area contributed by atoms with Gasteiger partial charge in [-0.1, -0.05) is 18.2 Å². The lowest BCUT2D eigenvalue weighted by molar-refractivity contribution is -0.120. The molecule has 1 aromatic carbocycles. The maximum atomic E-state index is 11.9. The second kappa shape index (κ2) is 7.75. The summed E-state index contributed by atoms with van der Waals surface area (Å²) in [6.07, 6.45) is 0.0889. The van der Waals surface area contributed by atoms with Gasteiger partial charge in [-0.25, -0.2) is 4.79 Å². The quantitative estimate of drug-likeness (QED) is 0.792. The van der Waals surface area contributed by atoms with E-state index in [1.165, 1.54) is 6.07 Å². The molecule has 0 saturated carbocycles. The molecule has 0 aliphatic carbocycles. The van der Waals surface area contributed by atoms with Gasteiger partial charge in [0.05, 0.1) is 25.2 Å². The average Bonchev–Trinajstić information content (AvgIpc) is 2.48. The molecular formula is C15H20N2O4. The van der Waals surface area contributed by atoms with Crippen molar-refractivity contribution in [3.8, 4) is 0 Å². The molecule has 1 heterocycles. The fourth-order valence-electron chi connectivity index (χ4n) is 2.30. The molecule has 1 amide bonds. The second-order valence-electron chi connectivity index (χ2n) is 4.94. The fraction of sp³-hybridized carbons (Fsp3) is 0.467. The van der Waals surface area contributed by atoms with Gasteiger partial charge in [-0.3, -0.25) is 9.69 Å². The molecule has 1 fully saturated rings. The van der Waals surface area contributed by atoms with Gasteiger partial charge in [-0.05, 0) is 11.6 Å². The highest BCUT2D eigenvalue weighted by atomic mass is 16.5. The zero-order valence-electron chi connectivity index (χ0n) is 11.9. The van der Waals surface area contributed by atoms with Gasteiger partial charge in [0.1, 0.15) is 0 Å². The number of carbonyl (C=O) groups is 2. The monoisotopic (exact) mass is 292 g/mol. The molecule has 0 unspecified atom stereocenters. The van der Waals surface area contributed by atoms with Crippen molar-refractivity contribution >= 4 is 11.9 Å². The number of carboxylic acids is 1. The minimum atomic E-state index is -1.01. The third-order valence-electron chi connectivity index (χ3n) is 3.45.